The molecule has 2 aromatic carbocycles. The van der Waals surface area contributed by atoms with Crippen LogP contribution in [0.4, 0.5) is 5.69 Å². The van der Waals surface area contributed by atoms with E-state index in [1.54, 1.807) is 4.90 Å². The van der Waals surface area contributed by atoms with Crippen LogP contribution in [-0.4, -0.2) is 52.4 Å². The highest BCUT2D eigenvalue weighted by Crippen LogP contribution is 2.26. The Morgan fingerprint density at radius 3 is 2.61 bits per heavy atom. The Morgan fingerprint density at radius 2 is 1.88 bits per heavy atom. The second-order valence-electron chi connectivity index (χ2n) is 9.19. The van der Waals surface area contributed by atoms with Crippen LogP contribution < -0.4 is 10.2 Å². The minimum Gasteiger partial charge on any atom is -0.353 e. The largest absolute Gasteiger partial charge is 0.353 e. The highest BCUT2D eigenvalue weighted by Gasteiger charge is 2.36. The average molecular weight is 446 g/mol. The van der Waals surface area contributed by atoms with Gasteiger partial charge in [-0.2, -0.15) is 0 Å². The summed E-state index contributed by atoms with van der Waals surface area (Å²) in [5.41, 5.74) is 4.19. The molecule has 2 N–H and O–H groups in total. The van der Waals surface area contributed by atoms with Gasteiger partial charge in [0.25, 0.3) is 0 Å². The van der Waals surface area contributed by atoms with E-state index in [1.165, 1.54) is 5.56 Å². The van der Waals surface area contributed by atoms with Crippen LogP contribution in [0.1, 0.15) is 37.6 Å². The highest BCUT2D eigenvalue weighted by atomic mass is 16.2. The van der Waals surface area contributed by atoms with Crippen molar-refractivity contribution in [3.05, 3.63) is 59.9 Å². The number of piperidine rings is 1. The minimum atomic E-state index is -0.281. The second kappa shape index (κ2) is 9.35. The van der Waals surface area contributed by atoms with Gasteiger partial charge in [0.2, 0.25) is 11.8 Å². The molecule has 2 fully saturated rings. The first-order chi connectivity index (χ1) is 16.1. The summed E-state index contributed by atoms with van der Waals surface area (Å²) in [6.07, 6.45) is 3.08. The van der Waals surface area contributed by atoms with E-state index in [2.05, 4.69) is 39.2 Å². The molecule has 0 bridgehead atoms. The van der Waals surface area contributed by atoms with Crippen molar-refractivity contribution in [1.82, 2.24) is 20.2 Å². The number of amides is 2. The van der Waals surface area contributed by atoms with E-state index < -0.39 is 0 Å². The second-order valence-corrected chi connectivity index (χ2v) is 9.19. The summed E-state index contributed by atoms with van der Waals surface area (Å²) in [6, 6.07) is 16.3. The lowest BCUT2D eigenvalue weighted by Crippen LogP contribution is -2.46. The quantitative estimate of drug-likeness (QED) is 0.610. The van der Waals surface area contributed by atoms with Crippen molar-refractivity contribution < 1.29 is 9.59 Å². The number of aryl methyl sites for hydroxylation is 1. The maximum atomic E-state index is 12.9. The molecular formula is C26H31N5O2. The number of carbonyl (C=O) groups excluding carboxylic acids is 2. The first-order valence-corrected chi connectivity index (χ1v) is 11.9. The number of aromatic amines is 1. The fourth-order valence-electron chi connectivity index (χ4n) is 4.89. The molecule has 3 heterocycles. The monoisotopic (exact) mass is 445 g/mol. The number of hydrogen-bond donors (Lipinski definition) is 2. The van der Waals surface area contributed by atoms with Gasteiger partial charge in [-0.3, -0.25) is 14.5 Å². The molecule has 2 aliphatic rings. The maximum Gasteiger partial charge on any atom is 0.227 e. The standard InChI is InChI=1S/C26H31N5O2/c1-2-18-7-9-21(10-8-18)31-16-19(15-25(31)32)26(33)27-20-11-13-30(14-12-20)17-24-28-22-5-3-4-6-23(22)29-24/h3-10,19-20H,2,11-17H2,1H3,(H,27,33)(H,28,29)/t19-/m0/s1. The number of nitrogens with zero attached hydrogens (tertiary/aromatic N) is 3. The van der Waals surface area contributed by atoms with Crippen LogP contribution in [0.15, 0.2) is 48.5 Å². The van der Waals surface area contributed by atoms with Crippen LogP contribution in [-0.2, 0) is 22.6 Å². The number of fused-ring (bicyclic) bond motifs is 1. The molecule has 7 nitrogen and oxygen atoms in total. The van der Waals surface area contributed by atoms with Crippen molar-refractivity contribution in [2.24, 2.45) is 5.92 Å². The lowest BCUT2D eigenvalue weighted by Gasteiger charge is -2.32. The van der Waals surface area contributed by atoms with Crippen molar-refractivity contribution in [2.75, 3.05) is 24.5 Å². The number of para-hydroxylation sites is 2. The van der Waals surface area contributed by atoms with E-state index in [1.807, 2.05) is 36.4 Å². The summed E-state index contributed by atoms with van der Waals surface area (Å²) in [5, 5.41) is 3.21. The van der Waals surface area contributed by atoms with Gasteiger partial charge in [-0.05, 0) is 49.1 Å². The van der Waals surface area contributed by atoms with Gasteiger partial charge in [0.05, 0.1) is 23.5 Å². The normalized spacial score (nSPS) is 20.0. The van der Waals surface area contributed by atoms with Crippen LogP contribution in [0.3, 0.4) is 0 Å². The predicted molar refractivity (Wildman–Crippen MR) is 129 cm³/mol. The summed E-state index contributed by atoms with van der Waals surface area (Å²) in [7, 11) is 0. The van der Waals surface area contributed by atoms with Crippen LogP contribution >= 0.6 is 0 Å². The minimum absolute atomic E-state index is 0.00626. The smallest absolute Gasteiger partial charge is 0.227 e. The van der Waals surface area contributed by atoms with Crippen molar-refractivity contribution in [3.8, 4) is 0 Å². The van der Waals surface area contributed by atoms with Gasteiger partial charge in [0, 0.05) is 37.8 Å². The number of likely N-dealkylation sites (tertiary alicyclic amines) is 1. The van der Waals surface area contributed by atoms with Gasteiger partial charge in [-0.25, -0.2) is 4.98 Å². The van der Waals surface area contributed by atoms with Gasteiger partial charge in [-0.1, -0.05) is 31.2 Å². The summed E-state index contributed by atoms with van der Waals surface area (Å²) in [6.45, 7) is 5.20. The van der Waals surface area contributed by atoms with Crippen molar-refractivity contribution in [1.29, 1.82) is 0 Å². The molecule has 172 valence electrons. The Bertz CT molecular complexity index is 1100. The first kappa shape index (κ1) is 21.6. The number of benzene rings is 2. The predicted octanol–water partition coefficient (Wildman–Crippen LogP) is 3.26. The SMILES string of the molecule is CCc1ccc(N2C[C@@H](C(=O)NC3CCN(Cc4nc5ccccc5[nH]4)CC3)CC2=O)cc1. The number of anilines is 1. The van der Waals surface area contributed by atoms with E-state index in [-0.39, 0.29) is 30.2 Å². The molecule has 2 amide bonds. The molecule has 0 unspecified atom stereocenters. The molecule has 1 aromatic heterocycles. The van der Waals surface area contributed by atoms with Crippen molar-refractivity contribution in [2.45, 2.75) is 45.2 Å². The van der Waals surface area contributed by atoms with E-state index in [9.17, 15) is 9.59 Å². The van der Waals surface area contributed by atoms with Gasteiger partial charge in [0.15, 0.2) is 0 Å². The third-order valence-electron chi connectivity index (χ3n) is 6.90. The molecule has 0 radical (unpaired) electrons. The molecule has 3 aromatic rings. The molecule has 33 heavy (non-hydrogen) atoms. The number of aromatic nitrogens is 2. The summed E-state index contributed by atoms with van der Waals surface area (Å²) >= 11 is 0. The van der Waals surface area contributed by atoms with E-state index in [4.69, 9.17) is 0 Å². The average Bonchev–Trinajstić information content (AvgIpc) is 3.43. The maximum absolute atomic E-state index is 12.9. The Kier molecular flexibility index (Phi) is 6.13. The number of rotatable bonds is 6. The summed E-state index contributed by atoms with van der Waals surface area (Å²) in [4.78, 5) is 37.6. The highest BCUT2D eigenvalue weighted by molar-refractivity contribution is 6.00. The number of hydrogen-bond acceptors (Lipinski definition) is 4. The molecule has 0 aliphatic carbocycles. The van der Waals surface area contributed by atoms with Gasteiger partial charge >= 0.3 is 0 Å². The summed E-state index contributed by atoms with van der Waals surface area (Å²) in [5.74, 6) is 0.735. The fourth-order valence-corrected chi connectivity index (χ4v) is 4.89. The Morgan fingerprint density at radius 1 is 1.12 bits per heavy atom. The zero-order valence-electron chi connectivity index (χ0n) is 19.1. The molecule has 7 heteroatoms. The van der Waals surface area contributed by atoms with Crippen LogP contribution in [0.25, 0.3) is 11.0 Å². The Labute approximate surface area is 194 Å². The van der Waals surface area contributed by atoms with Crippen LogP contribution in [0.5, 0.6) is 0 Å². The third kappa shape index (κ3) is 4.78. The number of nitrogens with one attached hydrogen (secondary N) is 2. The number of H-pyrrole nitrogens is 1. The van der Waals surface area contributed by atoms with E-state index in [0.29, 0.717) is 6.54 Å². The lowest BCUT2D eigenvalue weighted by atomic mass is 10.0. The van der Waals surface area contributed by atoms with Crippen molar-refractivity contribution >= 4 is 28.5 Å². The summed E-state index contributed by atoms with van der Waals surface area (Å²) < 4.78 is 0. The van der Waals surface area contributed by atoms with Gasteiger partial charge in [-0.15, -0.1) is 0 Å². The Hall–Kier alpha value is -3.19. The molecular weight excluding hydrogens is 414 g/mol. The van der Waals surface area contributed by atoms with Gasteiger partial charge in [0.1, 0.15) is 5.82 Å². The van der Waals surface area contributed by atoms with E-state index in [0.717, 1.165) is 61.4 Å². The Balaban J connectivity index is 1.11. The van der Waals surface area contributed by atoms with Crippen LogP contribution in [0, 0.1) is 5.92 Å². The zero-order chi connectivity index (χ0) is 22.8. The number of carbonyl (C=O) groups is 2. The fraction of sp³-hybridized carbons (Fsp3) is 0.423. The van der Waals surface area contributed by atoms with Crippen LogP contribution in [0.2, 0.25) is 0 Å². The number of imidazole rings is 1. The molecule has 2 aliphatic heterocycles. The lowest BCUT2D eigenvalue weighted by molar-refractivity contribution is -0.127. The molecule has 0 spiro atoms. The molecule has 2 saturated heterocycles. The van der Waals surface area contributed by atoms with Gasteiger partial charge < -0.3 is 15.2 Å². The topological polar surface area (TPSA) is 81.3 Å². The first-order valence-electron chi connectivity index (χ1n) is 11.9. The molecule has 5 rings (SSSR count). The zero-order valence-corrected chi connectivity index (χ0v) is 19.1. The van der Waals surface area contributed by atoms with Crippen molar-refractivity contribution in [3.63, 3.8) is 0 Å². The van der Waals surface area contributed by atoms with E-state index >= 15 is 0 Å². The molecule has 1 atom stereocenters. The molecule has 0 saturated carbocycles. The third-order valence-corrected chi connectivity index (χ3v) is 6.90.